The average Bonchev–Trinajstić information content (AvgIpc) is 2.49. The lowest BCUT2D eigenvalue weighted by Crippen LogP contribution is -1.93. The number of nitriles is 1. The first kappa shape index (κ1) is 15.5. The molecule has 2 aromatic rings. The molecule has 0 atom stereocenters. The Morgan fingerprint density at radius 1 is 1.24 bits per heavy atom. The second-order valence-electron chi connectivity index (χ2n) is 4.05. The highest BCUT2D eigenvalue weighted by Crippen LogP contribution is 2.34. The van der Waals surface area contributed by atoms with Gasteiger partial charge >= 0.3 is 0 Å². The summed E-state index contributed by atoms with van der Waals surface area (Å²) in [4.78, 5) is 10.3. The van der Waals surface area contributed by atoms with Gasteiger partial charge in [0.1, 0.15) is 17.6 Å². The number of rotatable bonds is 4. The van der Waals surface area contributed by atoms with Crippen molar-refractivity contribution in [2.75, 3.05) is 0 Å². The van der Waals surface area contributed by atoms with Crippen molar-refractivity contribution in [3.05, 3.63) is 62.1 Å². The summed E-state index contributed by atoms with van der Waals surface area (Å²) < 4.78 is 6.20. The van der Waals surface area contributed by atoms with Crippen LogP contribution < -0.4 is 4.74 Å². The molecule has 0 unspecified atom stereocenters. The predicted molar refractivity (Wildman–Crippen MR) is 84.7 cm³/mol. The molecule has 7 heteroatoms. The molecule has 0 N–H and O–H groups in total. The van der Waals surface area contributed by atoms with E-state index in [-0.39, 0.29) is 11.4 Å². The molecule has 0 aliphatic heterocycles. The summed E-state index contributed by atoms with van der Waals surface area (Å²) in [6, 6.07) is 11.5. The van der Waals surface area contributed by atoms with E-state index in [4.69, 9.17) is 10.00 Å². The van der Waals surface area contributed by atoms with Crippen molar-refractivity contribution in [1.82, 2.24) is 0 Å². The van der Waals surface area contributed by atoms with E-state index in [2.05, 4.69) is 37.9 Å². The van der Waals surface area contributed by atoms with Crippen LogP contribution in [0.5, 0.6) is 11.5 Å². The molecule has 0 radical (unpaired) electrons. The Morgan fingerprint density at radius 2 is 2.00 bits per heavy atom. The number of nitro benzene ring substituents is 1. The van der Waals surface area contributed by atoms with Gasteiger partial charge in [0.15, 0.2) is 0 Å². The Hall–Kier alpha value is -1.91. The standard InChI is InChI=1S/C14H8Br2N2O3/c15-7-9-1-4-13(10(5-9)8-17)21-14-6-11(18(19)20)2-3-12(14)16/h1-6H,7H2. The summed E-state index contributed by atoms with van der Waals surface area (Å²) in [6.07, 6.45) is 0. The lowest BCUT2D eigenvalue weighted by atomic mass is 10.1. The van der Waals surface area contributed by atoms with Crippen molar-refractivity contribution in [1.29, 1.82) is 5.26 Å². The van der Waals surface area contributed by atoms with Crippen molar-refractivity contribution in [2.24, 2.45) is 0 Å². The second kappa shape index (κ2) is 6.70. The Balaban J connectivity index is 2.40. The molecule has 0 bridgehead atoms. The van der Waals surface area contributed by atoms with E-state index in [9.17, 15) is 10.1 Å². The molecular formula is C14H8Br2N2O3. The fourth-order valence-corrected chi connectivity index (χ4v) is 2.32. The van der Waals surface area contributed by atoms with Crippen LogP contribution in [0.4, 0.5) is 5.69 Å². The van der Waals surface area contributed by atoms with E-state index >= 15 is 0 Å². The van der Waals surface area contributed by atoms with Crippen molar-refractivity contribution in [2.45, 2.75) is 5.33 Å². The van der Waals surface area contributed by atoms with E-state index in [1.54, 1.807) is 12.1 Å². The number of halogens is 2. The zero-order valence-corrected chi connectivity index (χ0v) is 13.7. The summed E-state index contributed by atoms with van der Waals surface area (Å²) in [7, 11) is 0. The van der Waals surface area contributed by atoms with Crippen LogP contribution in [0.1, 0.15) is 11.1 Å². The number of ether oxygens (including phenoxy) is 1. The molecule has 2 rings (SSSR count). The Morgan fingerprint density at radius 3 is 2.62 bits per heavy atom. The van der Waals surface area contributed by atoms with Crippen LogP contribution in [-0.4, -0.2) is 4.92 Å². The number of nitrogens with zero attached hydrogens (tertiary/aromatic N) is 2. The molecule has 0 fully saturated rings. The van der Waals surface area contributed by atoms with Crippen LogP contribution in [0.25, 0.3) is 0 Å². The first-order valence-electron chi connectivity index (χ1n) is 5.76. The van der Waals surface area contributed by atoms with Gasteiger partial charge in [0.2, 0.25) is 0 Å². The maximum Gasteiger partial charge on any atom is 0.273 e. The van der Waals surface area contributed by atoms with Crippen LogP contribution in [0.2, 0.25) is 0 Å². The summed E-state index contributed by atoms with van der Waals surface area (Å²) in [5.41, 5.74) is 1.23. The predicted octanol–water partition coefficient (Wildman–Crippen LogP) is 4.92. The molecule has 0 saturated carbocycles. The monoisotopic (exact) mass is 410 g/mol. The molecule has 106 valence electrons. The van der Waals surface area contributed by atoms with Crippen LogP contribution >= 0.6 is 31.9 Å². The van der Waals surface area contributed by atoms with Gasteiger partial charge in [-0.05, 0) is 39.7 Å². The zero-order chi connectivity index (χ0) is 15.4. The molecule has 0 heterocycles. The fraction of sp³-hybridized carbons (Fsp3) is 0.0714. The molecule has 0 aliphatic rings. The maximum absolute atomic E-state index is 10.8. The van der Waals surface area contributed by atoms with Crippen LogP contribution in [0.3, 0.4) is 0 Å². The van der Waals surface area contributed by atoms with E-state index in [0.717, 1.165) is 5.56 Å². The minimum absolute atomic E-state index is 0.0798. The molecule has 0 spiro atoms. The van der Waals surface area contributed by atoms with Crippen molar-refractivity contribution < 1.29 is 9.66 Å². The molecule has 0 amide bonds. The van der Waals surface area contributed by atoms with Gasteiger partial charge in [-0.25, -0.2) is 0 Å². The molecule has 0 saturated heterocycles. The quantitative estimate of drug-likeness (QED) is 0.406. The number of benzene rings is 2. The summed E-state index contributed by atoms with van der Waals surface area (Å²) in [5, 5.41) is 20.6. The highest BCUT2D eigenvalue weighted by atomic mass is 79.9. The average molecular weight is 412 g/mol. The fourth-order valence-electron chi connectivity index (χ4n) is 1.64. The van der Waals surface area contributed by atoms with Gasteiger partial charge in [0, 0.05) is 11.4 Å². The SMILES string of the molecule is N#Cc1cc(CBr)ccc1Oc1cc([N+](=O)[O-])ccc1Br. The van der Waals surface area contributed by atoms with Crippen molar-refractivity contribution in [3.63, 3.8) is 0 Å². The second-order valence-corrected chi connectivity index (χ2v) is 5.46. The van der Waals surface area contributed by atoms with E-state index in [0.29, 0.717) is 21.1 Å². The smallest absolute Gasteiger partial charge is 0.273 e. The molecular weight excluding hydrogens is 404 g/mol. The molecule has 21 heavy (non-hydrogen) atoms. The highest BCUT2D eigenvalue weighted by Gasteiger charge is 2.13. The number of hydrogen-bond acceptors (Lipinski definition) is 4. The largest absolute Gasteiger partial charge is 0.455 e. The topological polar surface area (TPSA) is 76.2 Å². The van der Waals surface area contributed by atoms with Gasteiger partial charge in [0.25, 0.3) is 5.69 Å². The van der Waals surface area contributed by atoms with E-state index in [1.807, 2.05) is 6.07 Å². The van der Waals surface area contributed by atoms with Gasteiger partial charge in [-0.3, -0.25) is 10.1 Å². The van der Waals surface area contributed by atoms with Crippen molar-refractivity contribution in [3.8, 4) is 17.6 Å². The Labute approximate surface area is 137 Å². The third-order valence-electron chi connectivity index (χ3n) is 2.66. The Kier molecular flexibility index (Phi) is 4.94. The third kappa shape index (κ3) is 3.60. The van der Waals surface area contributed by atoms with Gasteiger partial charge in [0.05, 0.1) is 21.0 Å². The van der Waals surface area contributed by atoms with Crippen molar-refractivity contribution >= 4 is 37.5 Å². The normalized spacial score (nSPS) is 9.95. The van der Waals surface area contributed by atoms with Crippen LogP contribution in [0, 0.1) is 21.4 Å². The lowest BCUT2D eigenvalue weighted by molar-refractivity contribution is -0.384. The molecule has 0 aliphatic carbocycles. The Bertz CT molecular complexity index is 741. The molecule has 5 nitrogen and oxygen atoms in total. The maximum atomic E-state index is 10.8. The van der Waals surface area contributed by atoms with Crippen LogP contribution in [-0.2, 0) is 5.33 Å². The minimum Gasteiger partial charge on any atom is -0.455 e. The minimum atomic E-state index is -0.502. The van der Waals surface area contributed by atoms with Crippen LogP contribution in [0.15, 0.2) is 40.9 Å². The lowest BCUT2D eigenvalue weighted by Gasteiger charge is -2.10. The first-order valence-corrected chi connectivity index (χ1v) is 7.67. The third-order valence-corrected chi connectivity index (χ3v) is 3.97. The highest BCUT2D eigenvalue weighted by molar-refractivity contribution is 9.10. The zero-order valence-electron chi connectivity index (χ0n) is 10.5. The number of nitro groups is 1. The van der Waals surface area contributed by atoms with Gasteiger partial charge < -0.3 is 4.74 Å². The molecule has 0 aromatic heterocycles. The summed E-state index contributed by atoms with van der Waals surface area (Å²) >= 11 is 6.59. The van der Waals surface area contributed by atoms with Gasteiger partial charge in [-0.1, -0.05) is 22.0 Å². The van der Waals surface area contributed by atoms with Gasteiger partial charge in [-0.15, -0.1) is 0 Å². The number of alkyl halides is 1. The summed E-state index contributed by atoms with van der Waals surface area (Å²) in [6.45, 7) is 0. The van der Waals surface area contributed by atoms with Gasteiger partial charge in [-0.2, -0.15) is 5.26 Å². The summed E-state index contributed by atoms with van der Waals surface area (Å²) in [5.74, 6) is 0.635. The number of hydrogen-bond donors (Lipinski definition) is 0. The number of non-ortho nitro benzene ring substituents is 1. The van der Waals surface area contributed by atoms with E-state index in [1.165, 1.54) is 18.2 Å². The first-order chi connectivity index (χ1) is 10.0. The van der Waals surface area contributed by atoms with E-state index < -0.39 is 4.92 Å². The molecule has 2 aromatic carbocycles.